The predicted octanol–water partition coefficient (Wildman–Crippen LogP) is 2.13. The van der Waals surface area contributed by atoms with Crippen LogP contribution in [-0.2, 0) is 4.79 Å². The van der Waals surface area contributed by atoms with Gasteiger partial charge < -0.3 is 10.6 Å². The van der Waals surface area contributed by atoms with Gasteiger partial charge in [0.25, 0.3) is 0 Å². The van der Waals surface area contributed by atoms with Crippen molar-refractivity contribution in [1.29, 1.82) is 0 Å². The smallest absolute Gasteiger partial charge is 0.226 e. The Morgan fingerprint density at radius 1 is 1.45 bits per heavy atom. The number of halogens is 1. The minimum atomic E-state index is -0.226. The van der Waals surface area contributed by atoms with E-state index in [0.717, 1.165) is 31.5 Å². The molecule has 1 amide bonds. The molecule has 3 unspecified atom stereocenters. The number of carbonyl (C=O) groups excluding carboxylic acids is 1. The zero-order chi connectivity index (χ0) is 14.3. The quantitative estimate of drug-likeness (QED) is 0.919. The Hall–Kier alpha value is -1.42. The first-order chi connectivity index (χ1) is 9.52. The van der Waals surface area contributed by atoms with Crippen molar-refractivity contribution >= 4 is 5.91 Å². The highest BCUT2D eigenvalue weighted by Gasteiger charge is 2.47. The number of benzene rings is 1. The summed E-state index contributed by atoms with van der Waals surface area (Å²) in [6.45, 7) is 4.36. The molecule has 3 atom stereocenters. The van der Waals surface area contributed by atoms with Gasteiger partial charge in [-0.25, -0.2) is 4.39 Å². The fraction of sp³-hybridized carbons (Fsp3) is 0.562. The number of rotatable bonds is 3. The SMILES string of the molecule is CC1(CN)CCN(C(=O)C2CC2c2ccc(F)cc2)C1. The van der Waals surface area contributed by atoms with Crippen molar-refractivity contribution in [2.45, 2.75) is 25.7 Å². The fourth-order valence-corrected chi connectivity index (χ4v) is 3.16. The summed E-state index contributed by atoms with van der Waals surface area (Å²) >= 11 is 0. The van der Waals surface area contributed by atoms with E-state index in [2.05, 4.69) is 6.92 Å². The third-order valence-electron chi connectivity index (χ3n) is 4.77. The van der Waals surface area contributed by atoms with Crippen LogP contribution in [0.4, 0.5) is 4.39 Å². The van der Waals surface area contributed by atoms with Crippen molar-refractivity contribution in [3.8, 4) is 0 Å². The molecule has 1 aromatic rings. The van der Waals surface area contributed by atoms with Crippen molar-refractivity contribution in [2.75, 3.05) is 19.6 Å². The molecular formula is C16H21FN2O. The molecule has 1 heterocycles. The van der Waals surface area contributed by atoms with Gasteiger partial charge in [0, 0.05) is 19.0 Å². The summed E-state index contributed by atoms with van der Waals surface area (Å²) in [4.78, 5) is 14.4. The third kappa shape index (κ3) is 2.44. The minimum Gasteiger partial charge on any atom is -0.342 e. The number of likely N-dealkylation sites (tertiary alicyclic amines) is 1. The van der Waals surface area contributed by atoms with Crippen LogP contribution in [-0.4, -0.2) is 30.4 Å². The molecule has 1 aliphatic heterocycles. The zero-order valence-electron chi connectivity index (χ0n) is 11.8. The molecule has 0 radical (unpaired) electrons. The van der Waals surface area contributed by atoms with Crippen LogP contribution in [0.2, 0.25) is 0 Å². The van der Waals surface area contributed by atoms with Gasteiger partial charge in [-0.3, -0.25) is 4.79 Å². The average molecular weight is 276 g/mol. The van der Waals surface area contributed by atoms with E-state index < -0.39 is 0 Å². The number of nitrogens with two attached hydrogens (primary N) is 1. The molecule has 3 nitrogen and oxygen atoms in total. The Morgan fingerprint density at radius 2 is 2.15 bits per heavy atom. The van der Waals surface area contributed by atoms with Crippen molar-refractivity contribution in [3.63, 3.8) is 0 Å². The minimum absolute atomic E-state index is 0.0793. The highest BCUT2D eigenvalue weighted by atomic mass is 19.1. The lowest BCUT2D eigenvalue weighted by Crippen LogP contribution is -2.35. The average Bonchev–Trinajstić information content (AvgIpc) is 3.15. The number of nitrogens with zero attached hydrogens (tertiary/aromatic N) is 1. The van der Waals surface area contributed by atoms with Gasteiger partial charge in [-0.05, 0) is 48.4 Å². The maximum Gasteiger partial charge on any atom is 0.226 e. The first-order valence-corrected chi connectivity index (χ1v) is 7.27. The lowest BCUT2D eigenvalue weighted by atomic mass is 9.90. The largest absolute Gasteiger partial charge is 0.342 e. The molecule has 0 bridgehead atoms. The van der Waals surface area contributed by atoms with Crippen LogP contribution in [0.15, 0.2) is 24.3 Å². The number of carbonyl (C=O) groups is 1. The van der Waals surface area contributed by atoms with E-state index in [1.165, 1.54) is 12.1 Å². The molecule has 1 saturated heterocycles. The Bertz CT molecular complexity index is 516. The summed E-state index contributed by atoms with van der Waals surface area (Å²) in [5, 5.41) is 0. The molecule has 0 aromatic heterocycles. The highest BCUT2D eigenvalue weighted by molar-refractivity contribution is 5.83. The van der Waals surface area contributed by atoms with E-state index in [1.807, 2.05) is 4.90 Å². The Labute approximate surface area is 118 Å². The molecular weight excluding hydrogens is 255 g/mol. The van der Waals surface area contributed by atoms with Gasteiger partial charge in [0.05, 0.1) is 0 Å². The second kappa shape index (κ2) is 4.85. The lowest BCUT2D eigenvalue weighted by molar-refractivity contribution is -0.132. The van der Waals surface area contributed by atoms with E-state index in [-0.39, 0.29) is 29.0 Å². The van der Waals surface area contributed by atoms with Gasteiger partial charge in [0.1, 0.15) is 5.82 Å². The van der Waals surface area contributed by atoms with Crippen LogP contribution in [0.5, 0.6) is 0 Å². The summed E-state index contributed by atoms with van der Waals surface area (Å²) in [6.07, 6.45) is 1.88. The first-order valence-electron chi connectivity index (χ1n) is 7.27. The molecule has 0 spiro atoms. The number of amides is 1. The van der Waals surface area contributed by atoms with E-state index in [9.17, 15) is 9.18 Å². The topological polar surface area (TPSA) is 46.3 Å². The molecule has 1 saturated carbocycles. The normalized spacial score (nSPS) is 32.5. The van der Waals surface area contributed by atoms with E-state index in [4.69, 9.17) is 5.73 Å². The molecule has 20 heavy (non-hydrogen) atoms. The second-order valence-electron chi connectivity index (χ2n) is 6.52. The second-order valence-corrected chi connectivity index (χ2v) is 6.52. The van der Waals surface area contributed by atoms with Gasteiger partial charge in [-0.2, -0.15) is 0 Å². The highest BCUT2D eigenvalue weighted by Crippen LogP contribution is 2.49. The van der Waals surface area contributed by atoms with Crippen LogP contribution in [0.3, 0.4) is 0 Å². The molecule has 1 aliphatic carbocycles. The van der Waals surface area contributed by atoms with Crippen LogP contribution >= 0.6 is 0 Å². The fourth-order valence-electron chi connectivity index (χ4n) is 3.16. The first kappa shape index (κ1) is 13.6. The Balaban J connectivity index is 1.62. The summed E-state index contributed by atoms with van der Waals surface area (Å²) < 4.78 is 12.9. The molecule has 2 N–H and O–H groups in total. The van der Waals surface area contributed by atoms with Gasteiger partial charge >= 0.3 is 0 Å². The molecule has 2 aliphatic rings. The molecule has 4 heteroatoms. The van der Waals surface area contributed by atoms with Gasteiger partial charge in [0.2, 0.25) is 5.91 Å². The zero-order valence-corrected chi connectivity index (χ0v) is 11.8. The monoisotopic (exact) mass is 276 g/mol. The van der Waals surface area contributed by atoms with Crippen LogP contribution < -0.4 is 5.73 Å². The Morgan fingerprint density at radius 3 is 2.75 bits per heavy atom. The Kier molecular flexibility index (Phi) is 3.28. The van der Waals surface area contributed by atoms with Crippen LogP contribution in [0.1, 0.15) is 31.2 Å². The lowest BCUT2D eigenvalue weighted by Gasteiger charge is -2.22. The van der Waals surface area contributed by atoms with E-state index >= 15 is 0 Å². The predicted molar refractivity (Wildman–Crippen MR) is 75.6 cm³/mol. The summed E-state index contributed by atoms with van der Waals surface area (Å²) in [5.41, 5.74) is 6.94. The molecule has 108 valence electrons. The van der Waals surface area contributed by atoms with Gasteiger partial charge in [-0.1, -0.05) is 19.1 Å². The van der Waals surface area contributed by atoms with Crippen LogP contribution in [0, 0.1) is 17.2 Å². The summed E-state index contributed by atoms with van der Waals surface area (Å²) in [6, 6.07) is 6.52. The maximum absolute atomic E-state index is 12.9. The van der Waals surface area contributed by atoms with Crippen molar-refractivity contribution in [3.05, 3.63) is 35.6 Å². The van der Waals surface area contributed by atoms with Gasteiger partial charge in [0.15, 0.2) is 0 Å². The maximum atomic E-state index is 12.9. The van der Waals surface area contributed by atoms with Crippen molar-refractivity contribution in [1.82, 2.24) is 4.90 Å². The van der Waals surface area contributed by atoms with E-state index in [0.29, 0.717) is 6.54 Å². The third-order valence-corrected chi connectivity index (χ3v) is 4.77. The van der Waals surface area contributed by atoms with Crippen molar-refractivity contribution in [2.24, 2.45) is 17.1 Å². The van der Waals surface area contributed by atoms with Crippen LogP contribution in [0.25, 0.3) is 0 Å². The molecule has 3 rings (SSSR count). The molecule has 1 aromatic carbocycles. The summed E-state index contributed by atoms with van der Waals surface area (Å²) in [5.74, 6) is 0.375. The standard InChI is InChI=1S/C16H21FN2O/c1-16(9-18)6-7-19(10-16)15(20)14-8-13(14)11-2-4-12(17)5-3-11/h2-5,13-14H,6-10,18H2,1H3. The van der Waals surface area contributed by atoms with Gasteiger partial charge in [-0.15, -0.1) is 0 Å². The molecule has 2 fully saturated rings. The van der Waals surface area contributed by atoms with E-state index in [1.54, 1.807) is 12.1 Å². The van der Waals surface area contributed by atoms with Crippen molar-refractivity contribution < 1.29 is 9.18 Å². The number of hydrogen-bond donors (Lipinski definition) is 1. The summed E-state index contributed by atoms with van der Waals surface area (Å²) in [7, 11) is 0. The number of hydrogen-bond acceptors (Lipinski definition) is 2.